The van der Waals surface area contributed by atoms with Gasteiger partial charge in [0.25, 0.3) is 5.91 Å². The molecule has 5 nitrogen and oxygen atoms in total. The zero-order valence-corrected chi connectivity index (χ0v) is 10.7. The quantitative estimate of drug-likeness (QED) is 0.796. The van der Waals surface area contributed by atoms with Crippen LogP contribution in [0.3, 0.4) is 0 Å². The molecule has 0 unspecified atom stereocenters. The minimum Gasteiger partial charge on any atom is -0.376 e. The summed E-state index contributed by atoms with van der Waals surface area (Å²) in [4.78, 5) is 25.9. The average molecular weight is 250 g/mol. The number of carbonyl (C=O) groups excluding carboxylic acids is 2. The summed E-state index contributed by atoms with van der Waals surface area (Å²) < 4.78 is 5.52. The Labute approximate surface area is 106 Å². The van der Waals surface area contributed by atoms with Gasteiger partial charge in [0.05, 0.1) is 12.1 Å². The van der Waals surface area contributed by atoms with E-state index in [1.807, 2.05) is 6.92 Å². The number of ketones is 1. The maximum absolute atomic E-state index is 11.9. The summed E-state index contributed by atoms with van der Waals surface area (Å²) >= 11 is 0. The number of amides is 1. The molecule has 1 saturated heterocycles. The van der Waals surface area contributed by atoms with E-state index in [1.165, 1.54) is 6.92 Å². The van der Waals surface area contributed by atoms with Gasteiger partial charge in [0.2, 0.25) is 0 Å². The van der Waals surface area contributed by atoms with E-state index in [1.54, 1.807) is 12.3 Å². The Hall–Kier alpha value is -1.62. The highest BCUT2D eigenvalue weighted by molar-refractivity contribution is 5.99. The van der Waals surface area contributed by atoms with Gasteiger partial charge in [0, 0.05) is 18.4 Å². The first-order chi connectivity index (χ1) is 8.58. The zero-order chi connectivity index (χ0) is 13.1. The summed E-state index contributed by atoms with van der Waals surface area (Å²) in [6, 6.07) is 1.55. The summed E-state index contributed by atoms with van der Waals surface area (Å²) in [6.45, 7) is 4.17. The van der Waals surface area contributed by atoms with Crippen LogP contribution in [-0.4, -0.2) is 35.4 Å². The second-order valence-electron chi connectivity index (χ2n) is 4.67. The fourth-order valence-electron chi connectivity index (χ4n) is 2.10. The van der Waals surface area contributed by atoms with Gasteiger partial charge in [-0.3, -0.25) is 9.59 Å². The van der Waals surface area contributed by atoms with E-state index in [0.29, 0.717) is 11.3 Å². The minimum absolute atomic E-state index is 0.0240. The third-order valence-electron chi connectivity index (χ3n) is 3.22. The molecule has 2 rings (SSSR count). The fraction of sp³-hybridized carbons (Fsp3) is 0.538. The summed E-state index contributed by atoms with van der Waals surface area (Å²) in [5.41, 5.74) is 0.926. The zero-order valence-electron chi connectivity index (χ0n) is 10.7. The van der Waals surface area contributed by atoms with E-state index in [2.05, 4.69) is 10.3 Å². The number of aromatic nitrogens is 1. The molecule has 0 bridgehead atoms. The fourth-order valence-corrected chi connectivity index (χ4v) is 2.10. The number of hydrogen-bond donors (Lipinski definition) is 2. The molecule has 1 fully saturated rings. The molecule has 18 heavy (non-hydrogen) atoms. The van der Waals surface area contributed by atoms with Gasteiger partial charge < -0.3 is 15.0 Å². The van der Waals surface area contributed by atoms with Crippen LogP contribution in [-0.2, 0) is 4.74 Å². The number of hydrogen-bond acceptors (Lipinski definition) is 3. The van der Waals surface area contributed by atoms with Gasteiger partial charge in [-0.25, -0.2) is 0 Å². The maximum Gasteiger partial charge on any atom is 0.268 e. The molecule has 1 amide bonds. The van der Waals surface area contributed by atoms with Gasteiger partial charge in [-0.1, -0.05) is 0 Å². The summed E-state index contributed by atoms with van der Waals surface area (Å²) in [5, 5.41) is 2.88. The first kappa shape index (κ1) is 12.8. The number of nitrogens with one attached hydrogen (secondary N) is 2. The molecule has 0 spiro atoms. The molecule has 0 radical (unpaired) electrons. The SMILES string of the molecule is CC(=O)c1c[nH]c(C(=O)N[C@H](C)[C@H]2CCCO2)c1. The highest BCUT2D eigenvalue weighted by atomic mass is 16.5. The lowest BCUT2D eigenvalue weighted by atomic mass is 10.1. The molecule has 1 aromatic heterocycles. The van der Waals surface area contributed by atoms with Gasteiger partial charge in [-0.15, -0.1) is 0 Å². The number of aromatic amines is 1. The van der Waals surface area contributed by atoms with Crippen LogP contribution in [0.5, 0.6) is 0 Å². The third kappa shape index (κ3) is 2.79. The molecule has 0 aromatic carbocycles. The van der Waals surface area contributed by atoms with Crippen LogP contribution in [0.25, 0.3) is 0 Å². The molecule has 5 heteroatoms. The molecule has 98 valence electrons. The standard InChI is InChI=1S/C13H18N2O3/c1-8(12-4-3-5-18-12)15-13(17)11-6-10(7-14-11)9(2)16/h6-8,12,14H,3-5H2,1-2H3,(H,15,17)/t8-,12-/m1/s1. The lowest BCUT2D eigenvalue weighted by Crippen LogP contribution is -2.40. The van der Waals surface area contributed by atoms with Gasteiger partial charge in [0.1, 0.15) is 5.69 Å². The molecule has 2 N–H and O–H groups in total. The Morgan fingerprint density at radius 1 is 1.56 bits per heavy atom. The summed E-state index contributed by atoms with van der Waals surface area (Å²) in [6.07, 6.45) is 3.66. The van der Waals surface area contributed by atoms with Crippen LogP contribution in [0.15, 0.2) is 12.3 Å². The average Bonchev–Trinajstić information content (AvgIpc) is 3.00. The maximum atomic E-state index is 11.9. The lowest BCUT2D eigenvalue weighted by molar-refractivity contribution is 0.0710. The van der Waals surface area contributed by atoms with Crippen LogP contribution in [0.2, 0.25) is 0 Å². The Kier molecular flexibility index (Phi) is 3.81. The van der Waals surface area contributed by atoms with Crippen molar-refractivity contribution in [3.8, 4) is 0 Å². The second-order valence-corrected chi connectivity index (χ2v) is 4.67. The Balaban J connectivity index is 1.95. The lowest BCUT2D eigenvalue weighted by Gasteiger charge is -2.19. The van der Waals surface area contributed by atoms with E-state index >= 15 is 0 Å². The van der Waals surface area contributed by atoms with Crippen molar-refractivity contribution in [2.75, 3.05) is 6.61 Å². The summed E-state index contributed by atoms with van der Waals surface area (Å²) in [7, 11) is 0. The van der Waals surface area contributed by atoms with Crippen LogP contribution < -0.4 is 5.32 Å². The molecule has 1 aliphatic heterocycles. The number of ether oxygens (including phenoxy) is 1. The number of Topliss-reactive ketones (excluding diaryl/α,β-unsaturated/α-hetero) is 1. The van der Waals surface area contributed by atoms with Gasteiger partial charge >= 0.3 is 0 Å². The predicted molar refractivity (Wildman–Crippen MR) is 66.7 cm³/mol. The molecular weight excluding hydrogens is 232 g/mol. The van der Waals surface area contributed by atoms with Crippen molar-refractivity contribution in [1.29, 1.82) is 0 Å². The van der Waals surface area contributed by atoms with Crippen LogP contribution >= 0.6 is 0 Å². The number of carbonyl (C=O) groups is 2. The Morgan fingerprint density at radius 3 is 2.89 bits per heavy atom. The van der Waals surface area contributed by atoms with Gasteiger partial charge in [0.15, 0.2) is 5.78 Å². The Morgan fingerprint density at radius 2 is 2.33 bits per heavy atom. The molecule has 1 aliphatic rings. The number of H-pyrrole nitrogens is 1. The van der Waals surface area contributed by atoms with E-state index in [-0.39, 0.29) is 23.8 Å². The smallest absolute Gasteiger partial charge is 0.268 e. The molecule has 2 atom stereocenters. The van der Waals surface area contributed by atoms with Crippen molar-refractivity contribution in [3.63, 3.8) is 0 Å². The van der Waals surface area contributed by atoms with E-state index in [9.17, 15) is 9.59 Å². The van der Waals surface area contributed by atoms with Crippen molar-refractivity contribution < 1.29 is 14.3 Å². The molecule has 0 saturated carbocycles. The first-order valence-electron chi connectivity index (χ1n) is 6.19. The van der Waals surface area contributed by atoms with E-state index in [0.717, 1.165) is 19.4 Å². The van der Waals surface area contributed by atoms with Crippen molar-refractivity contribution in [3.05, 3.63) is 23.5 Å². The third-order valence-corrected chi connectivity index (χ3v) is 3.22. The van der Waals surface area contributed by atoms with Crippen molar-refractivity contribution >= 4 is 11.7 Å². The van der Waals surface area contributed by atoms with Crippen molar-refractivity contribution in [2.24, 2.45) is 0 Å². The van der Waals surface area contributed by atoms with E-state index < -0.39 is 0 Å². The molecular formula is C13H18N2O3. The van der Waals surface area contributed by atoms with E-state index in [4.69, 9.17) is 4.74 Å². The normalized spacial score (nSPS) is 20.7. The monoisotopic (exact) mass is 250 g/mol. The predicted octanol–water partition coefficient (Wildman–Crippen LogP) is 1.51. The van der Waals surface area contributed by atoms with Gasteiger partial charge in [-0.05, 0) is 32.8 Å². The largest absolute Gasteiger partial charge is 0.376 e. The number of rotatable bonds is 4. The molecule has 1 aromatic rings. The Bertz CT molecular complexity index is 447. The summed E-state index contributed by atoms with van der Waals surface area (Å²) in [5.74, 6) is -0.261. The van der Waals surface area contributed by atoms with Crippen LogP contribution in [0, 0.1) is 0 Å². The van der Waals surface area contributed by atoms with Crippen LogP contribution in [0.1, 0.15) is 47.5 Å². The first-order valence-corrected chi connectivity index (χ1v) is 6.19. The highest BCUT2D eigenvalue weighted by Crippen LogP contribution is 2.15. The van der Waals surface area contributed by atoms with Crippen molar-refractivity contribution in [1.82, 2.24) is 10.3 Å². The van der Waals surface area contributed by atoms with Crippen molar-refractivity contribution in [2.45, 2.75) is 38.8 Å². The second kappa shape index (κ2) is 5.35. The van der Waals surface area contributed by atoms with Gasteiger partial charge in [-0.2, -0.15) is 0 Å². The minimum atomic E-state index is -0.203. The topological polar surface area (TPSA) is 71.2 Å². The molecule has 2 heterocycles. The molecule has 0 aliphatic carbocycles. The van der Waals surface area contributed by atoms with Crippen LogP contribution in [0.4, 0.5) is 0 Å². The highest BCUT2D eigenvalue weighted by Gasteiger charge is 2.24.